The van der Waals surface area contributed by atoms with E-state index in [1.54, 1.807) is 0 Å². The average molecular weight is 425 g/mol. The van der Waals surface area contributed by atoms with E-state index in [9.17, 15) is 9.59 Å². The SMILES string of the molecule is CC(=O)O.O=C(O)CCC(=O)O.O=CO.[KH].[KH].[KH].[KH].[KH]. The second-order valence-electron chi connectivity index (χ2n) is 1.91. The summed E-state index contributed by atoms with van der Waals surface area (Å²) in [6.45, 7) is 0.833. The molecule has 0 aliphatic carbocycles. The molecule has 98 valence electrons. The van der Waals surface area contributed by atoms with Crippen molar-refractivity contribution < 1.29 is 39.6 Å². The predicted molar refractivity (Wildman–Crippen MR) is 82.3 cm³/mol. The molecule has 0 atom stereocenters. The Kier molecular flexibility index (Phi) is 112. The van der Waals surface area contributed by atoms with E-state index in [0.717, 1.165) is 6.92 Å². The Labute approximate surface area is 329 Å². The van der Waals surface area contributed by atoms with Crippen molar-refractivity contribution in [1.29, 1.82) is 0 Å². The molecule has 0 rings (SSSR count). The molecule has 20 heavy (non-hydrogen) atoms. The first kappa shape index (κ1) is 50.2. The predicted octanol–water partition coefficient (Wildman–Crippen LogP) is -3.51. The molecule has 0 amide bonds. The fourth-order valence-corrected chi connectivity index (χ4v) is 0.214. The molecule has 0 radical (unpaired) electrons. The van der Waals surface area contributed by atoms with Gasteiger partial charge < -0.3 is 20.4 Å². The Morgan fingerprint density at radius 1 is 0.800 bits per heavy atom. The monoisotopic (exact) mass is 424 g/mol. The Morgan fingerprint density at radius 2 is 0.900 bits per heavy atom. The van der Waals surface area contributed by atoms with Crippen molar-refractivity contribution in [2.24, 2.45) is 0 Å². The third-order valence-electron chi connectivity index (χ3n) is 0.553. The number of hydrogen-bond donors (Lipinski definition) is 4. The van der Waals surface area contributed by atoms with E-state index in [1.165, 1.54) is 0 Å². The zero-order valence-electron chi connectivity index (χ0n) is 7.91. The van der Waals surface area contributed by atoms with Crippen LogP contribution in [0.25, 0.3) is 0 Å². The van der Waals surface area contributed by atoms with E-state index in [0.29, 0.717) is 0 Å². The van der Waals surface area contributed by atoms with Crippen LogP contribution in [0.4, 0.5) is 0 Å². The van der Waals surface area contributed by atoms with Crippen molar-refractivity contribution in [2.75, 3.05) is 0 Å². The first-order valence-electron chi connectivity index (χ1n) is 3.48. The van der Waals surface area contributed by atoms with Crippen LogP contribution in [-0.4, -0.2) is 302 Å². The Bertz CT molecular complexity index is 207. The van der Waals surface area contributed by atoms with Gasteiger partial charge in [-0.05, 0) is 0 Å². The van der Waals surface area contributed by atoms with Crippen LogP contribution < -0.4 is 0 Å². The summed E-state index contributed by atoms with van der Waals surface area (Å²) < 4.78 is 0. The van der Waals surface area contributed by atoms with Gasteiger partial charge >= 0.3 is 269 Å². The van der Waals surface area contributed by atoms with Gasteiger partial charge in [0, 0.05) is 6.92 Å². The number of hydrogen-bond acceptors (Lipinski definition) is 4. The van der Waals surface area contributed by atoms with E-state index >= 15 is 0 Å². The van der Waals surface area contributed by atoms with Gasteiger partial charge in [0.2, 0.25) is 0 Å². The molecule has 0 bridgehead atoms. The first-order chi connectivity index (χ1) is 6.77. The zero-order valence-corrected chi connectivity index (χ0v) is 7.91. The molecule has 0 spiro atoms. The molecule has 0 heterocycles. The van der Waals surface area contributed by atoms with Gasteiger partial charge in [-0.15, -0.1) is 0 Å². The van der Waals surface area contributed by atoms with Crippen molar-refractivity contribution in [3.63, 3.8) is 0 Å². The summed E-state index contributed by atoms with van der Waals surface area (Å²) in [5.41, 5.74) is 0. The first-order valence-corrected chi connectivity index (χ1v) is 3.48. The van der Waals surface area contributed by atoms with Gasteiger partial charge in [0.15, 0.2) is 0 Å². The van der Waals surface area contributed by atoms with E-state index in [4.69, 9.17) is 30.0 Å². The minimum atomic E-state index is -1.08. The Morgan fingerprint density at radius 3 is 0.950 bits per heavy atom. The normalized spacial score (nSPS) is 5.25. The molecule has 0 fully saturated rings. The zero-order chi connectivity index (χ0) is 12.9. The number of aliphatic carboxylic acids is 3. The van der Waals surface area contributed by atoms with Crippen LogP contribution in [0, 0.1) is 0 Å². The maximum atomic E-state index is 9.64. The van der Waals surface area contributed by atoms with Gasteiger partial charge in [0.05, 0.1) is 12.8 Å². The van der Waals surface area contributed by atoms with Crippen molar-refractivity contribution in [3.8, 4) is 0 Å². The third-order valence-corrected chi connectivity index (χ3v) is 0.553. The van der Waals surface area contributed by atoms with Gasteiger partial charge in [0.25, 0.3) is 12.4 Å². The van der Waals surface area contributed by atoms with Crippen LogP contribution >= 0.6 is 0 Å². The van der Waals surface area contributed by atoms with Crippen LogP contribution in [0.1, 0.15) is 19.8 Å². The third kappa shape index (κ3) is 105. The topological polar surface area (TPSA) is 149 Å². The summed E-state index contributed by atoms with van der Waals surface area (Å²) in [7, 11) is 0. The van der Waals surface area contributed by atoms with Gasteiger partial charge in [-0.1, -0.05) is 0 Å². The fourth-order valence-electron chi connectivity index (χ4n) is 0.214. The van der Waals surface area contributed by atoms with Crippen molar-refractivity contribution in [3.05, 3.63) is 0 Å². The Balaban J connectivity index is -0.0000000178. The van der Waals surface area contributed by atoms with Crippen molar-refractivity contribution in [2.45, 2.75) is 19.8 Å². The minimum absolute atomic E-state index is 0. The standard InChI is InChI=1S/C4H6O4.C2H4O2.CH2O2.5K.5H/c5-3(6)1-2-4(7)8;1-2(3)4;2-1-3;;;;;;;;;;/h1-2H2,(H,5,6)(H,7,8);1H3,(H,3,4);1H,(H,2,3);;;;;;;;;;. The van der Waals surface area contributed by atoms with Crippen LogP contribution in [0.2, 0.25) is 0 Å². The quantitative estimate of drug-likeness (QED) is 0.269. The summed E-state index contributed by atoms with van der Waals surface area (Å²) in [5.74, 6) is -2.99. The van der Waals surface area contributed by atoms with Gasteiger partial charge in [-0.25, -0.2) is 0 Å². The van der Waals surface area contributed by atoms with E-state index < -0.39 is 17.9 Å². The molecule has 0 aromatic rings. The molecule has 0 unspecified atom stereocenters. The van der Waals surface area contributed by atoms with Gasteiger partial charge in [-0.2, -0.15) is 0 Å². The molecule has 0 aromatic carbocycles. The number of carboxylic acid groups (broad SMARTS) is 4. The van der Waals surface area contributed by atoms with Gasteiger partial charge in [0.1, 0.15) is 0 Å². The number of rotatable bonds is 3. The molecule has 8 nitrogen and oxygen atoms in total. The molecule has 13 heteroatoms. The number of carboxylic acids is 3. The van der Waals surface area contributed by atoms with Crippen molar-refractivity contribution >= 4 is 281 Å². The second-order valence-corrected chi connectivity index (χ2v) is 1.91. The van der Waals surface area contributed by atoms with Crippen LogP contribution in [0.3, 0.4) is 0 Å². The maximum absolute atomic E-state index is 9.64. The summed E-state index contributed by atoms with van der Waals surface area (Å²) in [6, 6.07) is 0. The molecule has 0 aliphatic rings. The molecular formula is C7H17K5O8. The van der Waals surface area contributed by atoms with Crippen molar-refractivity contribution in [1.82, 2.24) is 0 Å². The summed E-state index contributed by atoms with van der Waals surface area (Å²) >= 11 is 0. The molecule has 0 saturated heterocycles. The van der Waals surface area contributed by atoms with E-state index in [1.807, 2.05) is 0 Å². The van der Waals surface area contributed by atoms with Crippen LogP contribution in [-0.2, 0) is 19.2 Å². The molecule has 0 aromatic heterocycles. The van der Waals surface area contributed by atoms with Crippen LogP contribution in [0.15, 0.2) is 0 Å². The van der Waals surface area contributed by atoms with E-state index in [-0.39, 0.29) is 276 Å². The molecular weight excluding hydrogens is 408 g/mol. The summed E-state index contributed by atoms with van der Waals surface area (Å²) in [6.07, 6.45) is -0.593. The molecule has 4 N–H and O–H groups in total. The van der Waals surface area contributed by atoms with E-state index in [2.05, 4.69) is 0 Å². The summed E-state index contributed by atoms with van der Waals surface area (Å²) in [5, 5.41) is 30.1. The second kappa shape index (κ2) is 44.5. The van der Waals surface area contributed by atoms with Crippen LogP contribution in [0.5, 0.6) is 0 Å². The Hall–Kier alpha value is 6.06. The van der Waals surface area contributed by atoms with Gasteiger partial charge in [-0.3, -0.25) is 19.2 Å². The molecule has 0 saturated carbocycles. The fraction of sp³-hybridized carbons (Fsp3) is 0.429. The molecule has 0 aliphatic heterocycles. The number of carbonyl (C=O) groups is 4. The summed E-state index contributed by atoms with van der Waals surface area (Å²) in [4.78, 5) is 36.6. The average Bonchev–Trinajstić information content (AvgIpc) is 2.01.